The summed E-state index contributed by atoms with van der Waals surface area (Å²) < 4.78 is 20.8. The molecule has 1 saturated heterocycles. The predicted molar refractivity (Wildman–Crippen MR) is 90.7 cm³/mol. The molecule has 1 amide bonds. The molecule has 0 bridgehead atoms. The summed E-state index contributed by atoms with van der Waals surface area (Å²) in [6, 6.07) is 9.49. The van der Waals surface area contributed by atoms with E-state index in [2.05, 4.69) is 15.4 Å². The van der Waals surface area contributed by atoms with Gasteiger partial charge in [-0.15, -0.1) is 0 Å². The van der Waals surface area contributed by atoms with Crippen molar-refractivity contribution < 1.29 is 13.9 Å². The van der Waals surface area contributed by atoms with Gasteiger partial charge in [0.2, 0.25) is 5.91 Å². The summed E-state index contributed by atoms with van der Waals surface area (Å²) in [6.07, 6.45) is 2.52. The fourth-order valence-electron chi connectivity index (χ4n) is 2.83. The topological polar surface area (TPSA) is 92.3 Å². The second-order valence-corrected chi connectivity index (χ2v) is 6.00. The van der Waals surface area contributed by atoms with Crippen LogP contribution in [0.3, 0.4) is 0 Å². The molecule has 26 heavy (non-hydrogen) atoms. The summed E-state index contributed by atoms with van der Waals surface area (Å²) in [7, 11) is 0. The van der Waals surface area contributed by atoms with E-state index in [1.807, 2.05) is 0 Å². The van der Waals surface area contributed by atoms with Crippen molar-refractivity contribution in [2.45, 2.75) is 18.9 Å². The fourth-order valence-corrected chi connectivity index (χ4v) is 2.83. The smallest absolute Gasteiger partial charge is 0.226 e. The fraction of sp³-hybridized carbons (Fsp3) is 0.222. The van der Waals surface area contributed by atoms with Gasteiger partial charge in [0.1, 0.15) is 18.2 Å². The van der Waals surface area contributed by atoms with Crippen LogP contribution in [0.1, 0.15) is 18.4 Å². The Hall–Kier alpha value is -3.31. The highest BCUT2D eigenvalue weighted by molar-refractivity contribution is 5.92. The number of nitriles is 1. The number of hydrogen-bond acceptors (Lipinski definition) is 5. The number of nitrogens with zero attached hydrogens (tertiary/aromatic N) is 4. The molecule has 3 heterocycles. The van der Waals surface area contributed by atoms with Gasteiger partial charge >= 0.3 is 0 Å². The number of carbonyl (C=O) groups is 1. The molecule has 0 spiro atoms. The SMILES string of the molecule is N#Cc1ccc(-c2cc(NC(=O)CC3CCO3)cc3ncnn23)cc1F. The van der Waals surface area contributed by atoms with Crippen LogP contribution in [0.2, 0.25) is 0 Å². The molecule has 1 N–H and O–H groups in total. The molecule has 2 aromatic heterocycles. The molecular weight excluding hydrogens is 337 g/mol. The highest BCUT2D eigenvalue weighted by Crippen LogP contribution is 2.26. The number of amides is 1. The Morgan fingerprint density at radius 2 is 2.27 bits per heavy atom. The first-order valence-electron chi connectivity index (χ1n) is 8.09. The lowest BCUT2D eigenvalue weighted by Crippen LogP contribution is -2.31. The van der Waals surface area contributed by atoms with Crippen LogP contribution in [0, 0.1) is 17.1 Å². The summed E-state index contributed by atoms with van der Waals surface area (Å²) in [6.45, 7) is 0.693. The van der Waals surface area contributed by atoms with Gasteiger partial charge in [-0.25, -0.2) is 13.9 Å². The maximum absolute atomic E-state index is 14.0. The summed E-state index contributed by atoms with van der Waals surface area (Å²) in [5.41, 5.74) is 2.10. The van der Waals surface area contributed by atoms with Crippen LogP contribution < -0.4 is 5.32 Å². The maximum Gasteiger partial charge on any atom is 0.226 e. The van der Waals surface area contributed by atoms with E-state index < -0.39 is 5.82 Å². The number of anilines is 1. The minimum absolute atomic E-state index is 0.0288. The highest BCUT2D eigenvalue weighted by Gasteiger charge is 2.21. The number of fused-ring (bicyclic) bond motifs is 1. The number of rotatable bonds is 4. The number of ether oxygens (including phenoxy) is 1. The molecular formula is C18H14FN5O2. The Kier molecular flexibility index (Phi) is 4.07. The molecule has 8 heteroatoms. The first-order chi connectivity index (χ1) is 12.6. The Balaban J connectivity index is 1.69. The number of carbonyl (C=O) groups excluding carboxylic acids is 1. The van der Waals surface area contributed by atoms with Crippen molar-refractivity contribution in [1.29, 1.82) is 5.26 Å². The first kappa shape index (κ1) is 16.2. The van der Waals surface area contributed by atoms with Gasteiger partial charge in [-0.2, -0.15) is 10.4 Å². The molecule has 3 aromatic rings. The van der Waals surface area contributed by atoms with Crippen molar-refractivity contribution in [1.82, 2.24) is 14.6 Å². The number of aromatic nitrogens is 3. The minimum Gasteiger partial charge on any atom is -0.377 e. The van der Waals surface area contributed by atoms with Gasteiger partial charge < -0.3 is 10.1 Å². The number of hydrogen-bond donors (Lipinski definition) is 1. The predicted octanol–water partition coefficient (Wildman–Crippen LogP) is 2.52. The average Bonchev–Trinajstić information content (AvgIpc) is 3.06. The normalized spacial score (nSPS) is 16.1. The Labute approximate surface area is 148 Å². The van der Waals surface area contributed by atoms with Crippen LogP contribution in [0.15, 0.2) is 36.7 Å². The molecule has 1 unspecified atom stereocenters. The maximum atomic E-state index is 14.0. The van der Waals surface area contributed by atoms with Crippen LogP contribution in [0.25, 0.3) is 16.9 Å². The monoisotopic (exact) mass is 351 g/mol. The quantitative estimate of drug-likeness (QED) is 0.780. The molecule has 7 nitrogen and oxygen atoms in total. The third-order valence-corrected chi connectivity index (χ3v) is 4.25. The zero-order valence-electron chi connectivity index (χ0n) is 13.6. The first-order valence-corrected chi connectivity index (χ1v) is 8.09. The van der Waals surface area contributed by atoms with Gasteiger partial charge in [-0.1, -0.05) is 6.07 Å². The molecule has 1 fully saturated rings. The van der Waals surface area contributed by atoms with E-state index in [1.165, 1.54) is 18.5 Å². The summed E-state index contributed by atoms with van der Waals surface area (Å²) in [5, 5.41) is 15.9. The van der Waals surface area contributed by atoms with Gasteiger partial charge in [-0.3, -0.25) is 4.79 Å². The van der Waals surface area contributed by atoms with Crippen molar-refractivity contribution in [3.63, 3.8) is 0 Å². The largest absolute Gasteiger partial charge is 0.377 e. The van der Waals surface area contributed by atoms with E-state index in [-0.39, 0.29) is 17.6 Å². The Bertz CT molecular complexity index is 1040. The molecule has 130 valence electrons. The zero-order valence-corrected chi connectivity index (χ0v) is 13.6. The number of benzene rings is 1. The molecule has 4 rings (SSSR count). The van der Waals surface area contributed by atoms with E-state index in [0.29, 0.717) is 35.6 Å². The highest BCUT2D eigenvalue weighted by atomic mass is 19.1. The van der Waals surface area contributed by atoms with Gasteiger partial charge in [0, 0.05) is 23.9 Å². The van der Waals surface area contributed by atoms with Crippen molar-refractivity contribution in [2.24, 2.45) is 0 Å². The van der Waals surface area contributed by atoms with E-state index in [4.69, 9.17) is 10.00 Å². The second kappa shape index (κ2) is 6.54. The van der Waals surface area contributed by atoms with Crippen molar-refractivity contribution in [2.75, 3.05) is 11.9 Å². The lowest BCUT2D eigenvalue weighted by Gasteiger charge is -2.25. The van der Waals surface area contributed by atoms with Crippen LogP contribution in [0.5, 0.6) is 0 Å². The van der Waals surface area contributed by atoms with E-state index in [9.17, 15) is 9.18 Å². The number of halogens is 1. The molecule has 0 radical (unpaired) electrons. The van der Waals surface area contributed by atoms with Crippen LogP contribution in [0.4, 0.5) is 10.1 Å². The van der Waals surface area contributed by atoms with Crippen molar-refractivity contribution >= 4 is 17.2 Å². The van der Waals surface area contributed by atoms with Crippen LogP contribution in [-0.2, 0) is 9.53 Å². The van der Waals surface area contributed by atoms with Crippen LogP contribution in [-0.4, -0.2) is 33.2 Å². The summed E-state index contributed by atoms with van der Waals surface area (Å²) >= 11 is 0. The Morgan fingerprint density at radius 1 is 1.42 bits per heavy atom. The molecule has 1 aliphatic heterocycles. The third kappa shape index (κ3) is 3.00. The van der Waals surface area contributed by atoms with Gasteiger partial charge in [0.05, 0.1) is 23.8 Å². The van der Waals surface area contributed by atoms with Crippen molar-refractivity contribution in [3.8, 4) is 17.3 Å². The van der Waals surface area contributed by atoms with E-state index in [1.54, 1.807) is 28.8 Å². The van der Waals surface area contributed by atoms with Crippen molar-refractivity contribution in [3.05, 3.63) is 48.0 Å². The van der Waals surface area contributed by atoms with E-state index >= 15 is 0 Å². The number of nitrogens with one attached hydrogen (secondary N) is 1. The molecule has 1 aliphatic rings. The number of pyridine rings is 1. The summed E-state index contributed by atoms with van der Waals surface area (Å²) in [5.74, 6) is -0.773. The summed E-state index contributed by atoms with van der Waals surface area (Å²) in [4.78, 5) is 16.3. The van der Waals surface area contributed by atoms with Crippen LogP contribution >= 0.6 is 0 Å². The second-order valence-electron chi connectivity index (χ2n) is 6.00. The lowest BCUT2D eigenvalue weighted by molar-refractivity contribution is -0.123. The van der Waals surface area contributed by atoms with E-state index in [0.717, 1.165) is 6.42 Å². The van der Waals surface area contributed by atoms with Gasteiger partial charge in [-0.05, 0) is 24.6 Å². The molecule has 0 aliphatic carbocycles. The lowest BCUT2D eigenvalue weighted by atomic mass is 10.1. The zero-order chi connectivity index (χ0) is 18.1. The third-order valence-electron chi connectivity index (χ3n) is 4.25. The van der Waals surface area contributed by atoms with Gasteiger partial charge in [0.15, 0.2) is 5.65 Å². The molecule has 0 saturated carbocycles. The standard InChI is InChI=1S/C18H14FN5O2/c19-15-5-11(1-2-12(15)9-20)16-6-13(7-17-21-10-22-24(16)17)23-18(25)8-14-3-4-26-14/h1-2,5-7,10,14H,3-4,8H2,(H,23,25). The molecule has 1 atom stereocenters. The average molecular weight is 351 g/mol. The van der Waals surface area contributed by atoms with Gasteiger partial charge in [0.25, 0.3) is 0 Å². The molecule has 1 aromatic carbocycles. The minimum atomic E-state index is -0.616. The Morgan fingerprint density at radius 3 is 2.96 bits per heavy atom.